The van der Waals surface area contributed by atoms with Crippen molar-refractivity contribution in [3.63, 3.8) is 0 Å². The maximum absolute atomic E-state index is 11.8. The Morgan fingerprint density at radius 2 is 1.40 bits per heavy atom. The number of carbonyl (C=O) groups excluding carboxylic acids is 1. The van der Waals surface area contributed by atoms with Crippen LogP contribution in [0.3, 0.4) is 0 Å². The second-order valence-electron chi connectivity index (χ2n) is 5.69. The summed E-state index contributed by atoms with van der Waals surface area (Å²) >= 11 is 0. The highest BCUT2D eigenvalue weighted by molar-refractivity contribution is 5.79. The van der Waals surface area contributed by atoms with Gasteiger partial charge in [-0.15, -0.1) is 0 Å². The Kier molecular flexibility index (Phi) is 3.96. The molecule has 1 saturated carbocycles. The number of Topliss-reactive ketones (excluding diaryl/α,β-unsaturated/α-hetero) is 1. The molecule has 0 saturated heterocycles. The molecule has 1 heteroatoms. The lowest BCUT2D eigenvalue weighted by molar-refractivity contribution is -0.121. The number of rotatable bonds is 3. The topological polar surface area (TPSA) is 17.1 Å². The van der Waals surface area contributed by atoms with Crippen molar-refractivity contribution in [2.45, 2.75) is 31.6 Å². The van der Waals surface area contributed by atoms with E-state index in [2.05, 4.69) is 60.7 Å². The van der Waals surface area contributed by atoms with Crippen molar-refractivity contribution in [1.82, 2.24) is 0 Å². The first-order valence-corrected chi connectivity index (χ1v) is 7.46. The summed E-state index contributed by atoms with van der Waals surface area (Å²) in [4.78, 5) is 11.8. The third-order valence-corrected chi connectivity index (χ3v) is 4.31. The average molecular weight is 264 g/mol. The Bertz CT molecular complexity index is 519. The summed E-state index contributed by atoms with van der Waals surface area (Å²) in [5.41, 5.74) is 2.66. The minimum atomic E-state index is 0.349. The van der Waals surface area contributed by atoms with Gasteiger partial charge in [-0.3, -0.25) is 4.79 Å². The Balaban J connectivity index is 1.97. The number of carbonyl (C=O) groups is 1. The van der Waals surface area contributed by atoms with Crippen molar-refractivity contribution in [2.24, 2.45) is 5.92 Å². The number of ketones is 1. The Morgan fingerprint density at radius 3 is 1.90 bits per heavy atom. The smallest absolute Gasteiger partial charge is 0.133 e. The summed E-state index contributed by atoms with van der Waals surface area (Å²) in [7, 11) is 0. The molecule has 2 aromatic rings. The molecule has 1 aliphatic carbocycles. The molecule has 3 rings (SSSR count). The van der Waals surface area contributed by atoms with Gasteiger partial charge in [0, 0.05) is 18.8 Å². The van der Waals surface area contributed by atoms with E-state index < -0.39 is 0 Å². The molecular formula is C19H20O. The number of benzene rings is 2. The summed E-state index contributed by atoms with van der Waals surface area (Å²) < 4.78 is 0. The first-order valence-electron chi connectivity index (χ1n) is 7.46. The highest BCUT2D eigenvalue weighted by Crippen LogP contribution is 2.39. The van der Waals surface area contributed by atoms with Gasteiger partial charge in [-0.1, -0.05) is 60.7 Å². The van der Waals surface area contributed by atoms with Gasteiger partial charge < -0.3 is 0 Å². The van der Waals surface area contributed by atoms with E-state index in [1.165, 1.54) is 11.1 Å². The minimum Gasteiger partial charge on any atom is -0.300 e. The van der Waals surface area contributed by atoms with Crippen LogP contribution in [0.4, 0.5) is 0 Å². The quantitative estimate of drug-likeness (QED) is 0.793. The molecule has 0 aliphatic heterocycles. The SMILES string of the molecule is O=C1CCCC(C(c2ccccc2)c2ccccc2)C1. The highest BCUT2D eigenvalue weighted by Gasteiger charge is 2.29. The van der Waals surface area contributed by atoms with E-state index >= 15 is 0 Å². The normalized spacial score (nSPS) is 19.2. The predicted molar refractivity (Wildman–Crippen MR) is 81.7 cm³/mol. The van der Waals surface area contributed by atoms with Crippen molar-refractivity contribution < 1.29 is 4.79 Å². The molecule has 1 unspecified atom stereocenters. The van der Waals surface area contributed by atoms with E-state index in [0.29, 0.717) is 17.6 Å². The molecule has 20 heavy (non-hydrogen) atoms. The third kappa shape index (κ3) is 2.82. The largest absolute Gasteiger partial charge is 0.300 e. The molecule has 0 aromatic heterocycles. The van der Waals surface area contributed by atoms with Crippen molar-refractivity contribution in [1.29, 1.82) is 0 Å². The zero-order chi connectivity index (χ0) is 13.8. The first-order chi connectivity index (χ1) is 9.84. The van der Waals surface area contributed by atoms with Crippen LogP contribution < -0.4 is 0 Å². The summed E-state index contributed by atoms with van der Waals surface area (Å²) in [6, 6.07) is 21.2. The van der Waals surface area contributed by atoms with Gasteiger partial charge in [0.15, 0.2) is 0 Å². The Labute approximate surface area is 120 Å². The standard InChI is InChI=1S/C19H20O/c20-18-13-7-12-17(14-18)19(15-8-3-1-4-9-15)16-10-5-2-6-11-16/h1-6,8-11,17,19H,7,12-14H2. The van der Waals surface area contributed by atoms with E-state index in [1.807, 2.05) is 0 Å². The molecule has 0 radical (unpaired) electrons. The van der Waals surface area contributed by atoms with E-state index in [4.69, 9.17) is 0 Å². The Hall–Kier alpha value is -1.89. The molecule has 102 valence electrons. The van der Waals surface area contributed by atoms with Gasteiger partial charge >= 0.3 is 0 Å². The van der Waals surface area contributed by atoms with Crippen LogP contribution in [-0.2, 0) is 4.79 Å². The predicted octanol–water partition coefficient (Wildman–Crippen LogP) is 4.58. The van der Waals surface area contributed by atoms with Crippen LogP contribution in [0.5, 0.6) is 0 Å². The van der Waals surface area contributed by atoms with Gasteiger partial charge in [0.05, 0.1) is 0 Å². The summed E-state index contributed by atoms with van der Waals surface area (Å²) in [5, 5.41) is 0. The molecule has 1 aliphatic rings. The van der Waals surface area contributed by atoms with E-state index in [-0.39, 0.29) is 0 Å². The van der Waals surface area contributed by atoms with Gasteiger partial charge in [-0.25, -0.2) is 0 Å². The molecule has 1 fully saturated rings. The second-order valence-corrected chi connectivity index (χ2v) is 5.69. The maximum atomic E-state index is 11.8. The van der Waals surface area contributed by atoms with Gasteiger partial charge in [0.25, 0.3) is 0 Å². The molecular weight excluding hydrogens is 244 g/mol. The monoisotopic (exact) mass is 264 g/mol. The number of hydrogen-bond acceptors (Lipinski definition) is 1. The van der Waals surface area contributed by atoms with Gasteiger partial charge in [-0.05, 0) is 29.9 Å². The van der Waals surface area contributed by atoms with Crippen molar-refractivity contribution in [2.75, 3.05) is 0 Å². The van der Waals surface area contributed by atoms with Crippen LogP contribution in [-0.4, -0.2) is 5.78 Å². The molecule has 0 spiro atoms. The fraction of sp³-hybridized carbons (Fsp3) is 0.316. The van der Waals surface area contributed by atoms with Crippen LogP contribution in [0.2, 0.25) is 0 Å². The van der Waals surface area contributed by atoms with Crippen LogP contribution in [0, 0.1) is 5.92 Å². The van der Waals surface area contributed by atoms with E-state index in [9.17, 15) is 4.79 Å². The van der Waals surface area contributed by atoms with Gasteiger partial charge in [0.1, 0.15) is 5.78 Å². The van der Waals surface area contributed by atoms with Crippen LogP contribution in [0.15, 0.2) is 60.7 Å². The zero-order valence-electron chi connectivity index (χ0n) is 11.7. The molecule has 1 atom stereocenters. The minimum absolute atomic E-state index is 0.349. The zero-order valence-corrected chi connectivity index (χ0v) is 11.7. The molecule has 0 heterocycles. The van der Waals surface area contributed by atoms with Gasteiger partial charge in [-0.2, -0.15) is 0 Å². The molecule has 2 aromatic carbocycles. The molecule has 0 amide bonds. The lowest BCUT2D eigenvalue weighted by Crippen LogP contribution is -2.22. The number of hydrogen-bond donors (Lipinski definition) is 0. The van der Waals surface area contributed by atoms with Crippen molar-refractivity contribution in [3.05, 3.63) is 71.8 Å². The molecule has 0 bridgehead atoms. The lowest BCUT2D eigenvalue weighted by Gasteiger charge is -2.30. The van der Waals surface area contributed by atoms with Crippen LogP contribution in [0.1, 0.15) is 42.7 Å². The first kappa shape index (κ1) is 13.1. The highest BCUT2D eigenvalue weighted by atomic mass is 16.1. The van der Waals surface area contributed by atoms with E-state index in [0.717, 1.165) is 25.7 Å². The molecule has 0 N–H and O–H groups in total. The average Bonchev–Trinajstić information content (AvgIpc) is 2.50. The second kappa shape index (κ2) is 6.04. The maximum Gasteiger partial charge on any atom is 0.133 e. The summed E-state index contributed by atoms with van der Waals surface area (Å²) in [6.07, 6.45) is 3.70. The van der Waals surface area contributed by atoms with Crippen LogP contribution >= 0.6 is 0 Å². The molecule has 1 nitrogen and oxygen atoms in total. The summed E-state index contributed by atoms with van der Waals surface area (Å²) in [5.74, 6) is 1.22. The fourth-order valence-corrected chi connectivity index (χ4v) is 3.40. The Morgan fingerprint density at radius 1 is 0.850 bits per heavy atom. The van der Waals surface area contributed by atoms with Crippen molar-refractivity contribution in [3.8, 4) is 0 Å². The lowest BCUT2D eigenvalue weighted by atomic mass is 9.73. The van der Waals surface area contributed by atoms with E-state index in [1.54, 1.807) is 0 Å². The van der Waals surface area contributed by atoms with Crippen molar-refractivity contribution >= 4 is 5.78 Å². The van der Waals surface area contributed by atoms with Crippen LogP contribution in [0.25, 0.3) is 0 Å². The fourth-order valence-electron chi connectivity index (χ4n) is 3.40. The third-order valence-electron chi connectivity index (χ3n) is 4.31. The van der Waals surface area contributed by atoms with Gasteiger partial charge in [0.2, 0.25) is 0 Å². The summed E-state index contributed by atoms with van der Waals surface area (Å²) in [6.45, 7) is 0.